The molecule has 0 fully saturated rings. The van der Waals surface area contributed by atoms with Crippen molar-refractivity contribution < 1.29 is 14.3 Å². The normalized spacial score (nSPS) is 11.7. The number of tetrazole rings is 1. The summed E-state index contributed by atoms with van der Waals surface area (Å²) in [6.07, 6.45) is 6.43. The van der Waals surface area contributed by atoms with Crippen molar-refractivity contribution in [3.05, 3.63) is 113 Å². The van der Waals surface area contributed by atoms with Gasteiger partial charge in [0.2, 0.25) is 5.91 Å². The van der Waals surface area contributed by atoms with E-state index in [2.05, 4.69) is 41.1 Å². The lowest BCUT2D eigenvalue weighted by Gasteiger charge is -2.19. The van der Waals surface area contributed by atoms with Gasteiger partial charge in [-0.1, -0.05) is 54.1 Å². The molecular formula is C31H27ClN8O3S. The molecule has 5 rings (SSSR count). The summed E-state index contributed by atoms with van der Waals surface area (Å²) in [5, 5.41) is 27.3. The van der Waals surface area contributed by atoms with E-state index in [4.69, 9.17) is 11.6 Å². The number of nitrogens with one attached hydrogen (secondary N) is 2. The molecule has 11 nitrogen and oxygen atoms in total. The van der Waals surface area contributed by atoms with E-state index >= 15 is 0 Å². The van der Waals surface area contributed by atoms with Gasteiger partial charge < -0.3 is 10.1 Å². The molecule has 0 aliphatic carbocycles. The van der Waals surface area contributed by atoms with Crippen molar-refractivity contribution in [1.82, 2.24) is 35.7 Å². The second-order valence-corrected chi connectivity index (χ2v) is 10.7. The molecule has 0 saturated carbocycles. The van der Waals surface area contributed by atoms with Crippen molar-refractivity contribution in [2.24, 2.45) is 0 Å². The van der Waals surface area contributed by atoms with Crippen LogP contribution in [-0.4, -0.2) is 55.8 Å². The SMILES string of the molecule is COC(=O)Nc1ccc(-c2cc(C(Cc3ccccc3)NC(=O)C=Cc3cc(Cl)ccc3-n3cnnn3)nnc2SC)cc1. The zero-order chi connectivity index (χ0) is 30.9. The van der Waals surface area contributed by atoms with Gasteiger partial charge in [0.1, 0.15) is 11.4 Å². The van der Waals surface area contributed by atoms with Crippen LogP contribution in [0.3, 0.4) is 0 Å². The van der Waals surface area contributed by atoms with E-state index in [1.165, 1.54) is 36.0 Å². The molecule has 1 unspecified atom stereocenters. The number of hydrogen-bond acceptors (Lipinski definition) is 9. The topological polar surface area (TPSA) is 137 Å². The summed E-state index contributed by atoms with van der Waals surface area (Å²) in [5.74, 6) is -0.330. The molecule has 0 aliphatic rings. The highest BCUT2D eigenvalue weighted by Gasteiger charge is 2.20. The Labute approximate surface area is 262 Å². The van der Waals surface area contributed by atoms with Gasteiger partial charge in [-0.3, -0.25) is 10.1 Å². The number of ether oxygens (including phenoxy) is 1. The predicted molar refractivity (Wildman–Crippen MR) is 170 cm³/mol. The van der Waals surface area contributed by atoms with Crippen LogP contribution < -0.4 is 10.6 Å². The smallest absolute Gasteiger partial charge is 0.411 e. The van der Waals surface area contributed by atoms with Gasteiger partial charge in [0, 0.05) is 27.9 Å². The predicted octanol–water partition coefficient (Wildman–Crippen LogP) is 5.79. The van der Waals surface area contributed by atoms with Crippen LogP contribution in [0.5, 0.6) is 0 Å². The monoisotopic (exact) mass is 626 g/mol. The Morgan fingerprint density at radius 3 is 2.55 bits per heavy atom. The number of nitrogens with zero attached hydrogens (tertiary/aromatic N) is 6. The third-order valence-corrected chi connectivity index (χ3v) is 7.48. The van der Waals surface area contributed by atoms with Crippen LogP contribution in [0.15, 0.2) is 96.3 Å². The first-order valence-electron chi connectivity index (χ1n) is 13.4. The maximum atomic E-state index is 13.3. The molecular weight excluding hydrogens is 600 g/mol. The molecule has 2 amide bonds. The Balaban J connectivity index is 1.44. The minimum absolute atomic E-state index is 0.330. The molecule has 2 aromatic heterocycles. The van der Waals surface area contributed by atoms with Gasteiger partial charge in [0.15, 0.2) is 0 Å². The molecule has 5 aromatic rings. The van der Waals surface area contributed by atoms with Gasteiger partial charge in [-0.25, -0.2) is 4.79 Å². The minimum Gasteiger partial charge on any atom is -0.453 e. The molecule has 2 N–H and O–H groups in total. The molecule has 3 aromatic carbocycles. The number of methoxy groups -OCH3 is 1. The van der Waals surface area contributed by atoms with Gasteiger partial charge in [-0.2, -0.15) is 9.78 Å². The largest absolute Gasteiger partial charge is 0.453 e. The molecule has 2 heterocycles. The van der Waals surface area contributed by atoms with Crippen LogP contribution in [0.25, 0.3) is 22.9 Å². The van der Waals surface area contributed by atoms with Crippen molar-refractivity contribution >= 4 is 47.1 Å². The average molecular weight is 627 g/mol. The second-order valence-electron chi connectivity index (χ2n) is 9.43. The van der Waals surface area contributed by atoms with E-state index < -0.39 is 12.1 Å². The first-order valence-corrected chi connectivity index (χ1v) is 15.0. The Bertz CT molecular complexity index is 1770. The summed E-state index contributed by atoms with van der Waals surface area (Å²) in [5.41, 5.74) is 5.26. The maximum Gasteiger partial charge on any atom is 0.411 e. The minimum atomic E-state index is -0.550. The van der Waals surface area contributed by atoms with Crippen molar-refractivity contribution in [3.63, 3.8) is 0 Å². The van der Waals surface area contributed by atoms with Gasteiger partial charge >= 0.3 is 6.09 Å². The van der Waals surface area contributed by atoms with Crippen LogP contribution in [0.4, 0.5) is 10.5 Å². The van der Waals surface area contributed by atoms with E-state index in [0.29, 0.717) is 34.1 Å². The van der Waals surface area contributed by atoms with E-state index in [1.807, 2.05) is 54.8 Å². The number of carbonyl (C=O) groups excluding carboxylic acids is 2. The van der Waals surface area contributed by atoms with Crippen molar-refractivity contribution in [2.45, 2.75) is 17.5 Å². The average Bonchev–Trinajstić information content (AvgIpc) is 3.59. The summed E-state index contributed by atoms with van der Waals surface area (Å²) >= 11 is 7.70. The Morgan fingerprint density at radius 2 is 1.84 bits per heavy atom. The highest BCUT2D eigenvalue weighted by molar-refractivity contribution is 7.98. The lowest BCUT2D eigenvalue weighted by molar-refractivity contribution is -0.117. The molecule has 44 heavy (non-hydrogen) atoms. The molecule has 0 bridgehead atoms. The fourth-order valence-electron chi connectivity index (χ4n) is 4.43. The summed E-state index contributed by atoms with van der Waals surface area (Å²) < 4.78 is 6.17. The van der Waals surface area contributed by atoms with Crippen molar-refractivity contribution in [3.8, 4) is 16.8 Å². The van der Waals surface area contributed by atoms with Gasteiger partial charge in [-0.15, -0.1) is 22.0 Å². The maximum absolute atomic E-state index is 13.3. The fraction of sp³-hybridized carbons (Fsp3) is 0.129. The zero-order valence-electron chi connectivity index (χ0n) is 23.7. The number of thioether (sulfide) groups is 1. The number of amides is 2. The van der Waals surface area contributed by atoms with Gasteiger partial charge in [0.05, 0.1) is 24.5 Å². The van der Waals surface area contributed by atoms with E-state index in [0.717, 1.165) is 21.7 Å². The van der Waals surface area contributed by atoms with Gasteiger partial charge in [-0.05, 0) is 76.7 Å². The summed E-state index contributed by atoms with van der Waals surface area (Å²) in [6.45, 7) is 0. The number of anilines is 1. The highest BCUT2D eigenvalue weighted by atomic mass is 35.5. The van der Waals surface area contributed by atoms with E-state index in [9.17, 15) is 9.59 Å². The highest BCUT2D eigenvalue weighted by Crippen LogP contribution is 2.31. The first-order chi connectivity index (χ1) is 21.4. The summed E-state index contributed by atoms with van der Waals surface area (Å²) in [6, 6.07) is 23.8. The Morgan fingerprint density at radius 1 is 1.05 bits per heavy atom. The number of hydrogen-bond donors (Lipinski definition) is 2. The number of aromatic nitrogens is 6. The molecule has 0 radical (unpaired) electrons. The number of benzene rings is 3. The van der Waals surface area contributed by atoms with Crippen LogP contribution in [0, 0.1) is 0 Å². The lowest BCUT2D eigenvalue weighted by Crippen LogP contribution is -2.29. The van der Waals surface area contributed by atoms with Crippen molar-refractivity contribution in [1.29, 1.82) is 0 Å². The zero-order valence-corrected chi connectivity index (χ0v) is 25.3. The summed E-state index contributed by atoms with van der Waals surface area (Å²) in [7, 11) is 1.31. The van der Waals surface area contributed by atoms with Crippen molar-refractivity contribution in [2.75, 3.05) is 18.7 Å². The number of halogens is 1. The number of carbonyl (C=O) groups is 2. The molecule has 0 spiro atoms. The van der Waals surface area contributed by atoms with Crippen LogP contribution in [0.2, 0.25) is 5.02 Å². The molecule has 222 valence electrons. The van der Waals surface area contributed by atoms with E-state index in [1.54, 1.807) is 36.4 Å². The molecule has 0 aliphatic heterocycles. The lowest BCUT2D eigenvalue weighted by atomic mass is 10.00. The second kappa shape index (κ2) is 14.4. The van der Waals surface area contributed by atoms with E-state index in [-0.39, 0.29) is 5.91 Å². The number of rotatable bonds is 10. The van der Waals surface area contributed by atoms with Gasteiger partial charge in [0.25, 0.3) is 0 Å². The fourth-order valence-corrected chi connectivity index (χ4v) is 5.13. The summed E-state index contributed by atoms with van der Waals surface area (Å²) in [4.78, 5) is 24.9. The standard InChI is InChI=1S/C31H27ClN8O3S/c1-43-31(42)34-24-12-8-21(9-13-24)25-18-27(36-37-30(25)44-2)26(16-20-6-4-3-5-7-20)35-29(41)15-10-22-17-23(32)11-14-28(22)40-19-33-38-39-40/h3-15,17-19,26H,16H2,1-2H3,(H,34,42)(H,35,41). The third kappa shape index (κ3) is 7.65. The first kappa shape index (κ1) is 30.4. The molecule has 0 saturated heterocycles. The molecule has 13 heteroatoms. The Kier molecular flexibility index (Phi) is 9.95. The Hall–Kier alpha value is -5.07. The van der Waals surface area contributed by atoms with Crippen LogP contribution >= 0.6 is 23.4 Å². The molecule has 1 atom stereocenters. The quantitative estimate of drug-likeness (QED) is 0.146. The third-order valence-electron chi connectivity index (χ3n) is 6.56. The van der Waals surface area contributed by atoms with Crippen LogP contribution in [-0.2, 0) is 16.0 Å². The van der Waals surface area contributed by atoms with Crippen LogP contribution in [0.1, 0.15) is 22.9 Å².